The van der Waals surface area contributed by atoms with Gasteiger partial charge in [0.25, 0.3) is 0 Å². The van der Waals surface area contributed by atoms with E-state index < -0.39 is 18.3 Å². The molecule has 140 valence electrons. The van der Waals surface area contributed by atoms with Crippen LogP contribution in [0.3, 0.4) is 0 Å². The molecule has 3 aromatic rings. The van der Waals surface area contributed by atoms with Crippen LogP contribution in [0.5, 0.6) is 0 Å². The number of fused-ring (bicyclic) bond motifs is 1. The molecule has 32 heavy (non-hydrogen) atoms. The molecule has 14 radical (unpaired) electrons. The number of hydrogen-bond acceptors (Lipinski definition) is 2. The van der Waals surface area contributed by atoms with E-state index in [-0.39, 0.29) is 38.2 Å². The third kappa shape index (κ3) is 3.37. The Kier molecular flexibility index (Phi) is 5.66. The van der Waals surface area contributed by atoms with E-state index in [2.05, 4.69) is 0 Å². The van der Waals surface area contributed by atoms with E-state index in [1.54, 1.807) is 0 Å². The van der Waals surface area contributed by atoms with Crippen LogP contribution in [0, 0.1) is 0 Å². The Hall–Kier alpha value is -1.64. The van der Waals surface area contributed by atoms with Crippen molar-refractivity contribution in [3.63, 3.8) is 0 Å². The van der Waals surface area contributed by atoms with Crippen molar-refractivity contribution in [3.05, 3.63) is 24.3 Å². The van der Waals surface area contributed by atoms with Gasteiger partial charge in [0.1, 0.15) is 54.9 Å². The number of benzene rings is 3. The highest BCUT2D eigenvalue weighted by molar-refractivity contribution is 6.71. The molecule has 0 N–H and O–H groups in total. The van der Waals surface area contributed by atoms with Crippen molar-refractivity contribution in [2.45, 2.75) is 38.9 Å². The van der Waals surface area contributed by atoms with Crippen LogP contribution < -0.4 is 43.7 Å². The minimum absolute atomic E-state index is 0.160. The van der Waals surface area contributed by atoms with Crippen molar-refractivity contribution < 1.29 is 9.31 Å². The molecule has 1 heterocycles. The molecule has 0 bridgehead atoms. The zero-order valence-corrected chi connectivity index (χ0v) is 18.7. The number of rotatable bonds is 2. The molecule has 0 aliphatic carbocycles. The second-order valence-corrected chi connectivity index (χ2v) is 9.23. The topological polar surface area (TPSA) is 18.5 Å². The van der Waals surface area contributed by atoms with Gasteiger partial charge in [-0.1, -0.05) is 46.1 Å². The van der Waals surface area contributed by atoms with Gasteiger partial charge in [-0.15, -0.1) is 16.4 Å². The molecule has 1 aliphatic heterocycles. The molecule has 0 saturated carbocycles. The summed E-state index contributed by atoms with van der Waals surface area (Å²) in [6.07, 6.45) is 0. The Labute approximate surface area is 200 Å². The first-order valence-corrected chi connectivity index (χ1v) is 10.3. The van der Waals surface area contributed by atoms with E-state index in [4.69, 9.17) is 64.2 Å². The predicted octanol–water partition coefficient (Wildman–Crippen LogP) is -3.64. The lowest BCUT2D eigenvalue weighted by Crippen LogP contribution is -2.52. The van der Waals surface area contributed by atoms with Gasteiger partial charge in [-0.25, -0.2) is 0 Å². The van der Waals surface area contributed by atoms with Crippen molar-refractivity contribution in [2.24, 2.45) is 0 Å². The molecule has 2 nitrogen and oxygen atoms in total. The average Bonchev–Trinajstić information content (AvgIpc) is 2.96. The Morgan fingerprint density at radius 2 is 0.969 bits per heavy atom. The fourth-order valence-corrected chi connectivity index (χ4v) is 4.00. The van der Waals surface area contributed by atoms with Crippen LogP contribution >= 0.6 is 0 Å². The van der Waals surface area contributed by atoms with Crippen LogP contribution in [0.2, 0.25) is 0 Å². The average molecular weight is 399 g/mol. The van der Waals surface area contributed by atoms with Gasteiger partial charge in [-0.05, 0) is 55.1 Å². The molecule has 3 aromatic carbocycles. The van der Waals surface area contributed by atoms with Crippen LogP contribution in [0.4, 0.5) is 0 Å². The molecule has 0 aromatic heterocycles. The zero-order chi connectivity index (χ0) is 23.7. The summed E-state index contributed by atoms with van der Waals surface area (Å²) in [4.78, 5) is 0. The Morgan fingerprint density at radius 1 is 0.562 bits per heavy atom. The van der Waals surface area contributed by atoms with Crippen molar-refractivity contribution in [1.82, 2.24) is 0 Å². The summed E-state index contributed by atoms with van der Waals surface area (Å²) in [6, 6.07) is 7.61. The monoisotopic (exact) mass is 400 g/mol. The second-order valence-electron chi connectivity index (χ2n) is 9.23. The molecule has 1 saturated heterocycles. The lowest BCUT2D eigenvalue weighted by atomic mass is 9.58. The first kappa shape index (κ1) is 23.5. The van der Waals surface area contributed by atoms with E-state index in [1.165, 1.54) is 0 Å². The second kappa shape index (κ2) is 7.70. The summed E-state index contributed by atoms with van der Waals surface area (Å²) >= 11 is 0. The summed E-state index contributed by atoms with van der Waals surface area (Å²) in [5, 5.41) is 0.952. The molecular weight excluding hydrogens is 383 g/mol. The van der Waals surface area contributed by atoms with E-state index in [1.807, 2.05) is 52.0 Å². The number of hydrogen-bond donors (Lipinski definition) is 0. The largest absolute Gasteiger partial charge is 0.494 e. The smallest absolute Gasteiger partial charge is 0.399 e. The van der Waals surface area contributed by atoms with Crippen molar-refractivity contribution in [2.75, 3.05) is 0 Å². The SMILES string of the molecule is [B]c1c([B])c([B])c2c(-c3ccc(B4OC(C)(C)C(C)(C)O4)cc3)c([B])c([B])c([B])c2c1[B]. The van der Waals surface area contributed by atoms with Crippen LogP contribution in [-0.2, 0) is 9.31 Å². The molecule has 4 rings (SSSR count). The summed E-state index contributed by atoms with van der Waals surface area (Å²) in [5.74, 6) is 0. The van der Waals surface area contributed by atoms with Gasteiger partial charge in [-0.3, -0.25) is 0 Å². The van der Waals surface area contributed by atoms with Crippen molar-refractivity contribution in [3.8, 4) is 11.1 Å². The minimum Gasteiger partial charge on any atom is -0.399 e. The Bertz CT molecular complexity index is 1230. The Morgan fingerprint density at radius 3 is 1.44 bits per heavy atom. The quantitative estimate of drug-likeness (QED) is 0.415. The van der Waals surface area contributed by atoms with Crippen LogP contribution in [-0.4, -0.2) is 73.2 Å². The van der Waals surface area contributed by atoms with Gasteiger partial charge in [0.15, 0.2) is 0 Å². The van der Waals surface area contributed by atoms with E-state index in [0.717, 1.165) is 11.0 Å². The predicted molar refractivity (Wildman–Crippen MR) is 143 cm³/mol. The van der Waals surface area contributed by atoms with Crippen LogP contribution in [0.15, 0.2) is 24.3 Å². The molecule has 0 spiro atoms. The van der Waals surface area contributed by atoms with E-state index >= 15 is 0 Å². The van der Waals surface area contributed by atoms with Crippen molar-refractivity contribution in [1.29, 1.82) is 0 Å². The molecule has 1 fully saturated rings. The molecule has 10 heteroatoms. The highest BCUT2D eigenvalue weighted by Gasteiger charge is 2.51. The maximum absolute atomic E-state index is 6.40. The van der Waals surface area contributed by atoms with Crippen LogP contribution in [0.1, 0.15) is 27.7 Å². The summed E-state index contributed by atoms with van der Waals surface area (Å²) in [6.45, 7) is 8.03. The van der Waals surface area contributed by atoms with Gasteiger partial charge in [0, 0.05) is 0 Å². The summed E-state index contributed by atoms with van der Waals surface area (Å²) in [5.41, 5.74) is 2.84. The molecule has 0 unspecified atom stereocenters. The zero-order valence-electron chi connectivity index (χ0n) is 18.7. The normalized spacial score (nSPS) is 17.2. The van der Waals surface area contributed by atoms with Crippen molar-refractivity contribution >= 4 is 117 Å². The third-order valence-corrected chi connectivity index (χ3v) is 6.75. The lowest BCUT2D eigenvalue weighted by Gasteiger charge is -2.32. The maximum atomic E-state index is 6.40. The maximum Gasteiger partial charge on any atom is 0.494 e. The Balaban J connectivity index is 1.90. The summed E-state index contributed by atoms with van der Waals surface area (Å²) < 4.78 is 12.3. The van der Waals surface area contributed by atoms with Gasteiger partial charge >= 0.3 is 7.12 Å². The fraction of sp³-hybridized carbons (Fsp3) is 0.273. The highest BCUT2D eigenvalue weighted by atomic mass is 16.7. The van der Waals surface area contributed by atoms with Gasteiger partial charge < -0.3 is 9.31 Å². The molecular formula is C22H16B8O2. The van der Waals surface area contributed by atoms with Gasteiger partial charge in [0.2, 0.25) is 0 Å². The first-order chi connectivity index (χ1) is 14.8. The third-order valence-electron chi connectivity index (χ3n) is 6.75. The lowest BCUT2D eigenvalue weighted by molar-refractivity contribution is 0.00578. The molecule has 1 aliphatic rings. The summed E-state index contributed by atoms with van der Waals surface area (Å²) in [7, 11) is 43.1. The van der Waals surface area contributed by atoms with Gasteiger partial charge in [-0.2, -0.15) is 0 Å². The first-order valence-electron chi connectivity index (χ1n) is 10.3. The molecule has 0 amide bonds. The fourth-order valence-electron chi connectivity index (χ4n) is 4.00. The van der Waals surface area contributed by atoms with Gasteiger partial charge in [0.05, 0.1) is 11.2 Å². The molecule has 0 atom stereocenters. The van der Waals surface area contributed by atoms with E-state index in [0.29, 0.717) is 16.3 Å². The van der Waals surface area contributed by atoms with Crippen LogP contribution in [0.25, 0.3) is 21.9 Å². The highest BCUT2D eigenvalue weighted by Crippen LogP contribution is 2.36. The standard InChI is InChI=1S/C22H16B8O2/c1-21(2)22(3,4)32-30(31-21)10-7-5-9(6-8-10)11-12-13(16(25)18(27)14(11)23)17(26)20(29)19(28)15(12)24/h5-8H,1-4H3. The minimum atomic E-state index is -0.490. The van der Waals surface area contributed by atoms with E-state index in [9.17, 15) is 0 Å².